The molecule has 0 aliphatic rings. The third-order valence-electron chi connectivity index (χ3n) is 13.9. The monoisotopic (exact) mass is 956 g/mol. The Bertz CT molecular complexity index is 4510. The minimum atomic E-state index is 0.869. The maximum absolute atomic E-state index is 5.02. The Morgan fingerprint density at radius 2 is 0.778 bits per heavy atom. The van der Waals surface area contributed by atoms with E-state index in [1.54, 1.807) is 6.33 Å². The lowest BCUT2D eigenvalue weighted by atomic mass is 10.1. The number of rotatable bonds is 4. The van der Waals surface area contributed by atoms with Gasteiger partial charge in [0.05, 0.1) is 44.1 Å². The highest BCUT2D eigenvalue weighted by Crippen LogP contribution is 2.43. The summed E-state index contributed by atoms with van der Waals surface area (Å²) in [6, 6.07) is 65.9. The Morgan fingerprint density at radius 1 is 0.292 bits per heavy atom. The molecule has 9 heterocycles. The summed E-state index contributed by atoms with van der Waals surface area (Å²) >= 11 is 3.65. The number of hydrogen-bond donors (Lipinski definition) is 0. The molecule has 72 heavy (non-hydrogen) atoms. The second-order valence-electron chi connectivity index (χ2n) is 17.9. The molecule has 0 aliphatic heterocycles. The first-order valence-electron chi connectivity index (χ1n) is 23.7. The maximum Gasteiger partial charge on any atom is 0.148 e. The zero-order chi connectivity index (χ0) is 47.3. The molecule has 10 heteroatoms. The van der Waals surface area contributed by atoms with Gasteiger partial charge in [-0.1, -0.05) is 109 Å². The smallest absolute Gasteiger partial charge is 0.148 e. The lowest BCUT2D eigenvalue weighted by molar-refractivity contribution is 1.07. The second kappa shape index (κ2) is 16.2. The highest BCUT2D eigenvalue weighted by Gasteiger charge is 2.22. The first-order valence-corrected chi connectivity index (χ1v) is 25.4. The summed E-state index contributed by atoms with van der Waals surface area (Å²) in [4.78, 5) is 28.8. The number of hydrogen-bond acceptors (Lipinski definition) is 8. The lowest BCUT2D eigenvalue weighted by Crippen LogP contribution is -2.00. The van der Waals surface area contributed by atoms with Gasteiger partial charge in [0.1, 0.15) is 18.0 Å². The fourth-order valence-corrected chi connectivity index (χ4v) is 12.8. The van der Waals surface area contributed by atoms with E-state index in [4.69, 9.17) is 19.9 Å². The molecular formula is C62H36N8S2. The van der Waals surface area contributed by atoms with Crippen LogP contribution in [0.1, 0.15) is 0 Å². The SMILES string of the molecule is c1ccc(-c2cnc3c4cc5c(cc4n(-c4nccc6ncccc46)c3c2)sc2ccccc25)cc1.c1ccc(-c2cnc3c4cc5c(cc4n(-c4ncnc6ccccc46)c3c2)sc2ccccc25)cc1. The average Bonchev–Trinajstić information content (AvgIpc) is 4.19. The highest BCUT2D eigenvalue weighted by molar-refractivity contribution is 7.26. The van der Waals surface area contributed by atoms with Gasteiger partial charge in [-0.25, -0.2) is 15.0 Å². The fraction of sp³-hybridized carbons (Fsp3) is 0. The Labute approximate surface area is 418 Å². The summed E-state index contributed by atoms with van der Waals surface area (Å²) in [7, 11) is 0. The van der Waals surface area contributed by atoms with Crippen LogP contribution >= 0.6 is 22.7 Å². The van der Waals surface area contributed by atoms with Gasteiger partial charge in [-0.2, -0.15) is 0 Å². The zero-order valence-corrected chi connectivity index (χ0v) is 39.8. The molecule has 0 atom stereocenters. The van der Waals surface area contributed by atoms with E-state index in [-0.39, 0.29) is 0 Å². The van der Waals surface area contributed by atoms with Gasteiger partial charge in [-0.3, -0.25) is 24.1 Å². The summed E-state index contributed by atoms with van der Waals surface area (Å²) in [5.41, 5.74) is 12.5. The van der Waals surface area contributed by atoms with Crippen molar-refractivity contribution in [2.45, 2.75) is 0 Å². The average molecular weight is 957 g/mol. The van der Waals surface area contributed by atoms with E-state index in [9.17, 15) is 0 Å². The van der Waals surface area contributed by atoms with Crippen LogP contribution in [-0.2, 0) is 0 Å². The molecule has 0 N–H and O–H groups in total. The highest BCUT2D eigenvalue weighted by atomic mass is 32.1. The first kappa shape index (κ1) is 40.6. The van der Waals surface area contributed by atoms with Crippen LogP contribution in [0.15, 0.2) is 219 Å². The molecule has 0 bridgehead atoms. The minimum Gasteiger partial charge on any atom is -0.292 e. The van der Waals surface area contributed by atoms with Crippen molar-refractivity contribution in [3.8, 4) is 33.9 Å². The molecule has 0 aliphatic carbocycles. The maximum atomic E-state index is 5.02. The van der Waals surface area contributed by atoms with Crippen molar-refractivity contribution in [3.05, 3.63) is 219 Å². The molecule has 16 aromatic rings. The van der Waals surface area contributed by atoms with Crippen molar-refractivity contribution in [1.29, 1.82) is 0 Å². The molecular weight excluding hydrogens is 921 g/mol. The molecule has 7 aromatic carbocycles. The van der Waals surface area contributed by atoms with Gasteiger partial charge in [0.2, 0.25) is 0 Å². The lowest BCUT2D eigenvalue weighted by Gasteiger charge is -2.10. The predicted octanol–water partition coefficient (Wildman–Crippen LogP) is 16.3. The van der Waals surface area contributed by atoms with Gasteiger partial charge in [0.15, 0.2) is 0 Å². The second-order valence-corrected chi connectivity index (χ2v) is 20.1. The van der Waals surface area contributed by atoms with Crippen LogP contribution in [0, 0.1) is 0 Å². The fourth-order valence-electron chi connectivity index (χ4n) is 10.6. The van der Waals surface area contributed by atoms with Crippen LogP contribution in [0.4, 0.5) is 0 Å². The summed E-state index contributed by atoms with van der Waals surface area (Å²) in [6.07, 6.45) is 9.29. The van der Waals surface area contributed by atoms with Crippen LogP contribution in [0.5, 0.6) is 0 Å². The number of para-hydroxylation sites is 1. The van der Waals surface area contributed by atoms with Crippen molar-refractivity contribution in [1.82, 2.24) is 39.0 Å². The summed E-state index contributed by atoms with van der Waals surface area (Å²) < 4.78 is 9.63. The number of pyridine rings is 4. The quantitative estimate of drug-likeness (QED) is 0.175. The van der Waals surface area contributed by atoms with Crippen molar-refractivity contribution >= 4 is 129 Å². The van der Waals surface area contributed by atoms with E-state index in [2.05, 4.69) is 165 Å². The van der Waals surface area contributed by atoms with Crippen LogP contribution in [-0.4, -0.2) is 39.0 Å². The number of benzene rings is 7. The van der Waals surface area contributed by atoms with Crippen LogP contribution < -0.4 is 0 Å². The van der Waals surface area contributed by atoms with Crippen LogP contribution in [0.25, 0.3) is 140 Å². The molecule has 0 fully saturated rings. The van der Waals surface area contributed by atoms with E-state index in [1.807, 2.05) is 89.9 Å². The molecule has 0 saturated carbocycles. The summed E-state index contributed by atoms with van der Waals surface area (Å²) in [5, 5.41) is 9.39. The molecule has 9 aromatic heterocycles. The molecule has 0 spiro atoms. The number of aromatic nitrogens is 8. The zero-order valence-electron chi connectivity index (χ0n) is 38.2. The van der Waals surface area contributed by atoms with Crippen molar-refractivity contribution in [2.24, 2.45) is 0 Å². The first-order chi connectivity index (χ1) is 35.7. The van der Waals surface area contributed by atoms with Gasteiger partial charge >= 0.3 is 0 Å². The third kappa shape index (κ3) is 6.36. The Morgan fingerprint density at radius 3 is 1.36 bits per heavy atom. The molecule has 16 rings (SSSR count). The van der Waals surface area contributed by atoms with Gasteiger partial charge in [-0.15, -0.1) is 22.7 Å². The van der Waals surface area contributed by atoms with E-state index >= 15 is 0 Å². The topological polar surface area (TPSA) is 87.2 Å². The van der Waals surface area contributed by atoms with E-state index in [1.165, 1.54) is 40.3 Å². The molecule has 0 unspecified atom stereocenters. The van der Waals surface area contributed by atoms with Gasteiger partial charge in [-0.05, 0) is 90.0 Å². The van der Waals surface area contributed by atoms with Crippen LogP contribution in [0.2, 0.25) is 0 Å². The standard InChI is InChI=1S/2C31H18N4S/c1-2-8-19(9-3-1)20-14-27-30(32-17-20)24-15-23-21-10-5-7-13-28(21)36-29(23)16-26(24)35(27)31-22-11-4-6-12-25(22)33-18-34-31;1-2-7-19(8-3-1)20-15-27-30(34-18-20)24-16-23-21-9-4-5-11-28(21)36-29(23)17-26(24)35(27)31-22-10-6-13-32-25(22)12-14-33-31/h2*1-18H. The van der Waals surface area contributed by atoms with Crippen molar-refractivity contribution in [3.63, 3.8) is 0 Å². The van der Waals surface area contributed by atoms with Crippen LogP contribution in [0.3, 0.4) is 0 Å². The normalized spacial score (nSPS) is 11.9. The third-order valence-corrected chi connectivity index (χ3v) is 16.1. The summed E-state index contributed by atoms with van der Waals surface area (Å²) in [6.45, 7) is 0. The molecule has 0 saturated heterocycles. The minimum absolute atomic E-state index is 0.869. The van der Waals surface area contributed by atoms with Gasteiger partial charge in [0, 0.05) is 97.8 Å². The van der Waals surface area contributed by atoms with E-state index < -0.39 is 0 Å². The Balaban J connectivity index is 0.000000128. The Hall–Kier alpha value is -9.22. The molecule has 336 valence electrons. The predicted molar refractivity (Wildman–Crippen MR) is 300 cm³/mol. The van der Waals surface area contributed by atoms with Gasteiger partial charge < -0.3 is 0 Å². The molecule has 8 nitrogen and oxygen atoms in total. The number of nitrogens with zero attached hydrogens (tertiary/aromatic N) is 8. The number of thiophene rings is 2. The van der Waals surface area contributed by atoms with Gasteiger partial charge in [0.25, 0.3) is 0 Å². The molecule has 0 amide bonds. The largest absolute Gasteiger partial charge is 0.292 e. The molecule has 0 radical (unpaired) electrons. The summed E-state index contributed by atoms with van der Waals surface area (Å²) in [5.74, 6) is 1.74. The van der Waals surface area contributed by atoms with E-state index in [0.717, 1.165) is 99.6 Å². The van der Waals surface area contributed by atoms with E-state index in [0.29, 0.717) is 0 Å². The number of fused-ring (bicyclic) bond motifs is 14. The Kier molecular flexibility index (Phi) is 9.13. The van der Waals surface area contributed by atoms with Crippen molar-refractivity contribution in [2.75, 3.05) is 0 Å². The van der Waals surface area contributed by atoms with Crippen molar-refractivity contribution < 1.29 is 0 Å².